The van der Waals surface area contributed by atoms with Gasteiger partial charge < -0.3 is 4.74 Å². The van der Waals surface area contributed by atoms with Crippen molar-refractivity contribution < 1.29 is 4.74 Å². The first-order valence-corrected chi connectivity index (χ1v) is 6.07. The van der Waals surface area contributed by atoms with Gasteiger partial charge >= 0.3 is 0 Å². The number of aryl methyl sites for hydroxylation is 1. The molecule has 0 aliphatic heterocycles. The van der Waals surface area contributed by atoms with Crippen LogP contribution in [0.25, 0.3) is 0 Å². The quantitative estimate of drug-likeness (QED) is 0.640. The largest absolute Gasteiger partial charge is 0.496 e. The molecule has 0 saturated carbocycles. The summed E-state index contributed by atoms with van der Waals surface area (Å²) in [6.07, 6.45) is 0. The van der Waals surface area contributed by atoms with E-state index in [4.69, 9.17) is 4.74 Å². The zero-order chi connectivity index (χ0) is 12.3. The molecule has 0 amide bonds. The number of thiol groups is 1. The summed E-state index contributed by atoms with van der Waals surface area (Å²) in [5.74, 6) is 1.75. The van der Waals surface area contributed by atoms with E-state index in [1.807, 2.05) is 0 Å². The van der Waals surface area contributed by atoms with Crippen LogP contribution in [0, 0.1) is 20.8 Å². The van der Waals surface area contributed by atoms with Gasteiger partial charge in [0.25, 0.3) is 0 Å². The molecule has 2 nitrogen and oxygen atoms in total. The maximum Gasteiger partial charge on any atom is 0.122 e. The smallest absolute Gasteiger partial charge is 0.122 e. The Morgan fingerprint density at radius 1 is 1.25 bits per heavy atom. The highest BCUT2D eigenvalue weighted by Crippen LogP contribution is 2.28. The molecule has 1 aromatic rings. The molecule has 90 valence electrons. The lowest BCUT2D eigenvalue weighted by Crippen LogP contribution is -2.17. The zero-order valence-electron chi connectivity index (χ0n) is 10.8. The SMILES string of the molecule is COc1cc(C)c(CN(C)CS)c(C)c1C. The van der Waals surface area contributed by atoms with Crippen molar-refractivity contribution in [3.05, 3.63) is 28.3 Å². The van der Waals surface area contributed by atoms with E-state index in [0.717, 1.165) is 18.2 Å². The van der Waals surface area contributed by atoms with Crippen LogP contribution < -0.4 is 4.74 Å². The van der Waals surface area contributed by atoms with Crippen molar-refractivity contribution in [3.63, 3.8) is 0 Å². The van der Waals surface area contributed by atoms with Crippen LogP contribution in [0.3, 0.4) is 0 Å². The minimum absolute atomic E-state index is 0.768. The van der Waals surface area contributed by atoms with Crippen molar-refractivity contribution in [2.75, 3.05) is 20.0 Å². The number of nitrogens with zero attached hydrogens (tertiary/aromatic N) is 1. The van der Waals surface area contributed by atoms with E-state index in [1.165, 1.54) is 22.3 Å². The van der Waals surface area contributed by atoms with E-state index in [1.54, 1.807) is 7.11 Å². The monoisotopic (exact) mass is 239 g/mol. The van der Waals surface area contributed by atoms with E-state index in [2.05, 4.69) is 51.4 Å². The molecule has 1 rings (SSSR count). The van der Waals surface area contributed by atoms with Gasteiger partial charge in [-0.15, -0.1) is 0 Å². The third-order valence-corrected chi connectivity index (χ3v) is 3.58. The summed E-state index contributed by atoms with van der Waals surface area (Å²) in [6.45, 7) is 7.34. The Kier molecular flexibility index (Phi) is 4.69. The van der Waals surface area contributed by atoms with Crippen LogP contribution in [0.4, 0.5) is 0 Å². The molecule has 0 saturated heterocycles. The molecule has 1 aromatic carbocycles. The Morgan fingerprint density at radius 2 is 1.88 bits per heavy atom. The molecule has 3 heteroatoms. The fraction of sp³-hybridized carbons (Fsp3) is 0.538. The molecular formula is C13H21NOS. The fourth-order valence-electron chi connectivity index (χ4n) is 1.87. The lowest BCUT2D eigenvalue weighted by Gasteiger charge is -2.20. The molecule has 0 fully saturated rings. The van der Waals surface area contributed by atoms with Gasteiger partial charge in [0.1, 0.15) is 5.75 Å². The average molecular weight is 239 g/mol. The number of methoxy groups -OCH3 is 1. The standard InChI is InChI=1S/C13H21NOS/c1-9-6-13(15-5)11(3)10(2)12(9)7-14(4)8-16/h6,16H,7-8H2,1-5H3. The average Bonchev–Trinajstić information content (AvgIpc) is 2.28. The number of hydrogen-bond donors (Lipinski definition) is 1. The first-order chi connectivity index (χ1) is 7.51. The molecule has 0 aromatic heterocycles. The van der Waals surface area contributed by atoms with E-state index in [9.17, 15) is 0 Å². The Labute approximate surface area is 104 Å². The Morgan fingerprint density at radius 3 is 2.38 bits per heavy atom. The highest BCUT2D eigenvalue weighted by molar-refractivity contribution is 7.80. The van der Waals surface area contributed by atoms with Crippen molar-refractivity contribution in [3.8, 4) is 5.75 Å². The van der Waals surface area contributed by atoms with Crippen molar-refractivity contribution in [2.24, 2.45) is 0 Å². The molecule has 0 unspecified atom stereocenters. The van der Waals surface area contributed by atoms with E-state index in [-0.39, 0.29) is 0 Å². The van der Waals surface area contributed by atoms with Crippen LogP contribution in [-0.2, 0) is 6.54 Å². The van der Waals surface area contributed by atoms with Gasteiger partial charge in [0, 0.05) is 12.4 Å². The van der Waals surface area contributed by atoms with Crippen LogP contribution in [0.5, 0.6) is 5.75 Å². The van der Waals surface area contributed by atoms with Gasteiger partial charge in [0.2, 0.25) is 0 Å². The molecule has 0 bridgehead atoms. The van der Waals surface area contributed by atoms with Gasteiger partial charge in [-0.25, -0.2) is 0 Å². The molecule has 0 aliphatic rings. The topological polar surface area (TPSA) is 12.5 Å². The van der Waals surface area contributed by atoms with Crippen LogP contribution in [0.2, 0.25) is 0 Å². The summed E-state index contributed by atoms with van der Waals surface area (Å²) < 4.78 is 5.36. The number of benzene rings is 1. The first kappa shape index (κ1) is 13.4. The maximum atomic E-state index is 5.36. The van der Waals surface area contributed by atoms with Gasteiger partial charge in [-0.05, 0) is 56.1 Å². The lowest BCUT2D eigenvalue weighted by atomic mass is 9.97. The molecule has 16 heavy (non-hydrogen) atoms. The van der Waals surface area contributed by atoms with Gasteiger partial charge in [0.05, 0.1) is 7.11 Å². The summed E-state index contributed by atoms with van der Waals surface area (Å²) in [6, 6.07) is 2.12. The Hall–Kier alpha value is -0.670. The van der Waals surface area contributed by atoms with Crippen molar-refractivity contribution >= 4 is 12.6 Å². The van der Waals surface area contributed by atoms with Crippen LogP contribution in [-0.4, -0.2) is 24.9 Å². The molecule has 0 atom stereocenters. The number of hydrogen-bond acceptors (Lipinski definition) is 3. The molecule has 0 heterocycles. The van der Waals surface area contributed by atoms with Gasteiger partial charge in [-0.1, -0.05) is 0 Å². The first-order valence-electron chi connectivity index (χ1n) is 5.44. The predicted molar refractivity (Wildman–Crippen MR) is 72.5 cm³/mol. The maximum absolute atomic E-state index is 5.36. The van der Waals surface area contributed by atoms with E-state index >= 15 is 0 Å². The normalized spacial score (nSPS) is 10.9. The minimum Gasteiger partial charge on any atom is -0.496 e. The fourth-order valence-corrected chi connectivity index (χ4v) is 1.97. The third kappa shape index (κ3) is 2.71. The Bertz CT molecular complexity index is 377. The second-order valence-electron chi connectivity index (χ2n) is 4.28. The summed E-state index contributed by atoms with van der Waals surface area (Å²) in [4.78, 5) is 2.18. The molecule has 0 N–H and O–H groups in total. The molecule has 0 aliphatic carbocycles. The van der Waals surface area contributed by atoms with Crippen molar-refractivity contribution in [2.45, 2.75) is 27.3 Å². The van der Waals surface area contributed by atoms with Gasteiger partial charge in [-0.2, -0.15) is 12.6 Å². The highest BCUT2D eigenvalue weighted by atomic mass is 32.1. The summed E-state index contributed by atoms with van der Waals surface area (Å²) in [5.41, 5.74) is 5.23. The predicted octanol–water partition coefficient (Wildman–Crippen LogP) is 2.94. The third-order valence-electron chi connectivity index (χ3n) is 3.10. The second kappa shape index (κ2) is 5.60. The molecule has 0 radical (unpaired) electrons. The van der Waals surface area contributed by atoms with Gasteiger partial charge in [-0.3, -0.25) is 4.90 Å². The van der Waals surface area contributed by atoms with Crippen LogP contribution >= 0.6 is 12.6 Å². The summed E-state index contributed by atoms with van der Waals surface area (Å²) in [7, 11) is 3.80. The summed E-state index contributed by atoms with van der Waals surface area (Å²) in [5, 5.41) is 0. The number of ether oxygens (including phenoxy) is 1. The van der Waals surface area contributed by atoms with Gasteiger partial charge in [0.15, 0.2) is 0 Å². The minimum atomic E-state index is 0.768. The van der Waals surface area contributed by atoms with E-state index < -0.39 is 0 Å². The molecule has 0 spiro atoms. The van der Waals surface area contributed by atoms with Crippen molar-refractivity contribution in [1.29, 1.82) is 0 Å². The molecular weight excluding hydrogens is 218 g/mol. The zero-order valence-corrected chi connectivity index (χ0v) is 11.7. The number of rotatable bonds is 4. The highest BCUT2D eigenvalue weighted by Gasteiger charge is 2.11. The summed E-state index contributed by atoms with van der Waals surface area (Å²) >= 11 is 4.28. The van der Waals surface area contributed by atoms with Crippen LogP contribution in [0.15, 0.2) is 6.07 Å². The second-order valence-corrected chi connectivity index (χ2v) is 4.56. The Balaban J connectivity index is 3.15. The van der Waals surface area contributed by atoms with E-state index in [0.29, 0.717) is 0 Å². The van der Waals surface area contributed by atoms with Crippen molar-refractivity contribution in [1.82, 2.24) is 4.90 Å². The lowest BCUT2D eigenvalue weighted by molar-refractivity contribution is 0.383. The van der Waals surface area contributed by atoms with Crippen LogP contribution in [0.1, 0.15) is 22.3 Å².